The number of amides is 1. The molecule has 0 bridgehead atoms. The van der Waals surface area contributed by atoms with Gasteiger partial charge >= 0.3 is 0 Å². The number of nitrogens with zero attached hydrogens (tertiary/aromatic N) is 2. The Hall–Kier alpha value is -2.12. The smallest absolute Gasteiger partial charge is 0.273 e. The number of hydrogen-bond donors (Lipinski definition) is 1. The fourth-order valence-corrected chi connectivity index (χ4v) is 4.38. The second-order valence-corrected chi connectivity index (χ2v) is 7.68. The highest BCUT2D eigenvalue weighted by atomic mass is 32.1. The predicted octanol–water partition coefficient (Wildman–Crippen LogP) is 2.92. The van der Waals surface area contributed by atoms with Crippen LogP contribution in [-0.4, -0.2) is 47.6 Å². The quantitative estimate of drug-likeness (QED) is 0.895. The van der Waals surface area contributed by atoms with Gasteiger partial charge in [-0.15, -0.1) is 11.3 Å². The number of hydrogen-bond acceptors (Lipinski definition) is 6. The summed E-state index contributed by atoms with van der Waals surface area (Å²) >= 11 is 1.47. The van der Waals surface area contributed by atoms with Crippen LogP contribution in [0.3, 0.4) is 0 Å². The monoisotopic (exact) mass is 373 g/mol. The number of likely N-dealkylation sites (tertiary alicyclic amines) is 1. The molecule has 7 heteroatoms. The van der Waals surface area contributed by atoms with E-state index < -0.39 is 0 Å². The van der Waals surface area contributed by atoms with Gasteiger partial charge in [0.25, 0.3) is 5.91 Å². The number of aromatic nitrogens is 1. The first-order chi connectivity index (χ1) is 12.6. The van der Waals surface area contributed by atoms with Crippen LogP contribution >= 0.6 is 11.3 Å². The lowest BCUT2D eigenvalue weighted by atomic mass is 9.96. The molecule has 26 heavy (non-hydrogen) atoms. The molecular formula is C19H23N3O3S. The maximum atomic E-state index is 13.0. The topological polar surface area (TPSA) is 77.7 Å². The zero-order valence-electron chi connectivity index (χ0n) is 14.8. The molecule has 4 rings (SSSR count). The van der Waals surface area contributed by atoms with Crippen molar-refractivity contribution in [2.24, 2.45) is 5.73 Å². The largest absolute Gasteiger partial charge is 0.486 e. The molecule has 2 unspecified atom stereocenters. The van der Waals surface area contributed by atoms with Crippen LogP contribution in [0.1, 0.15) is 36.7 Å². The molecule has 0 aliphatic carbocycles. The van der Waals surface area contributed by atoms with Crippen LogP contribution in [0.2, 0.25) is 0 Å². The average Bonchev–Trinajstić information content (AvgIpc) is 3.17. The second-order valence-electron chi connectivity index (χ2n) is 6.82. The zero-order valence-corrected chi connectivity index (χ0v) is 15.6. The number of carbonyl (C=O) groups excluding carboxylic acids is 1. The minimum absolute atomic E-state index is 0.0213. The van der Waals surface area contributed by atoms with E-state index in [4.69, 9.17) is 15.2 Å². The number of nitrogens with two attached hydrogens (primary N) is 1. The van der Waals surface area contributed by atoms with Gasteiger partial charge in [-0.05, 0) is 44.4 Å². The van der Waals surface area contributed by atoms with Crippen molar-refractivity contribution in [2.75, 3.05) is 19.8 Å². The highest BCUT2D eigenvalue weighted by Crippen LogP contribution is 2.35. The Morgan fingerprint density at radius 2 is 2.12 bits per heavy atom. The van der Waals surface area contributed by atoms with Crippen molar-refractivity contribution in [3.05, 3.63) is 29.3 Å². The van der Waals surface area contributed by atoms with E-state index in [0.29, 0.717) is 18.9 Å². The molecule has 1 fully saturated rings. The number of ether oxygens (including phenoxy) is 2. The molecule has 2 aliphatic rings. The van der Waals surface area contributed by atoms with Crippen LogP contribution < -0.4 is 15.2 Å². The fraction of sp³-hybridized carbons (Fsp3) is 0.474. The summed E-state index contributed by atoms with van der Waals surface area (Å²) in [5, 5.41) is 2.64. The molecule has 1 aromatic carbocycles. The van der Waals surface area contributed by atoms with E-state index in [0.717, 1.165) is 47.9 Å². The van der Waals surface area contributed by atoms with Crippen LogP contribution in [0.25, 0.3) is 10.6 Å². The van der Waals surface area contributed by atoms with E-state index in [9.17, 15) is 4.79 Å². The van der Waals surface area contributed by atoms with Gasteiger partial charge in [0.05, 0.1) is 0 Å². The molecule has 2 atom stereocenters. The summed E-state index contributed by atoms with van der Waals surface area (Å²) in [5.41, 5.74) is 7.52. The molecule has 0 spiro atoms. The maximum Gasteiger partial charge on any atom is 0.273 e. The van der Waals surface area contributed by atoms with Crippen LogP contribution in [0.5, 0.6) is 11.5 Å². The molecule has 1 aromatic heterocycles. The van der Waals surface area contributed by atoms with Crippen LogP contribution in [-0.2, 0) is 0 Å². The van der Waals surface area contributed by atoms with Crippen molar-refractivity contribution in [1.82, 2.24) is 9.88 Å². The van der Waals surface area contributed by atoms with Gasteiger partial charge in [-0.25, -0.2) is 4.98 Å². The molecule has 1 saturated heterocycles. The highest BCUT2D eigenvalue weighted by Gasteiger charge is 2.31. The lowest BCUT2D eigenvalue weighted by Gasteiger charge is -2.37. The van der Waals surface area contributed by atoms with Crippen molar-refractivity contribution in [3.63, 3.8) is 0 Å². The van der Waals surface area contributed by atoms with Crippen molar-refractivity contribution in [1.29, 1.82) is 0 Å². The summed E-state index contributed by atoms with van der Waals surface area (Å²) in [7, 11) is 0. The number of piperidine rings is 1. The Labute approximate surface area is 156 Å². The van der Waals surface area contributed by atoms with E-state index in [2.05, 4.69) is 4.98 Å². The van der Waals surface area contributed by atoms with Gasteiger partial charge in [0.2, 0.25) is 0 Å². The third kappa shape index (κ3) is 3.29. The van der Waals surface area contributed by atoms with Crippen LogP contribution in [0.15, 0.2) is 23.6 Å². The summed E-state index contributed by atoms with van der Waals surface area (Å²) < 4.78 is 11.2. The third-order valence-corrected chi connectivity index (χ3v) is 5.82. The zero-order chi connectivity index (χ0) is 18.1. The Balaban J connectivity index is 1.56. The van der Waals surface area contributed by atoms with E-state index in [1.807, 2.05) is 35.4 Å². The minimum Gasteiger partial charge on any atom is -0.486 e. The maximum absolute atomic E-state index is 13.0. The normalized spacial score (nSPS) is 20.7. The standard InChI is InChI=1S/C19H23N3O3S/c1-12(20)15-4-2-3-7-22(15)19(23)14-11-26-18(21-14)13-5-6-16-17(10-13)25-9-8-24-16/h5-6,10-12,15H,2-4,7-9,20H2,1H3. The third-order valence-electron chi connectivity index (χ3n) is 4.93. The molecule has 3 heterocycles. The van der Waals surface area contributed by atoms with E-state index in [1.165, 1.54) is 11.3 Å². The van der Waals surface area contributed by atoms with Gasteiger partial charge in [0, 0.05) is 29.6 Å². The van der Waals surface area contributed by atoms with Crippen molar-refractivity contribution >= 4 is 17.2 Å². The fourth-order valence-electron chi connectivity index (χ4n) is 3.58. The Morgan fingerprint density at radius 3 is 2.92 bits per heavy atom. The molecular weight excluding hydrogens is 350 g/mol. The molecule has 0 saturated carbocycles. The Morgan fingerprint density at radius 1 is 1.31 bits per heavy atom. The number of carbonyl (C=O) groups is 1. The first kappa shape index (κ1) is 17.3. The Bertz CT molecular complexity index is 805. The van der Waals surface area contributed by atoms with Gasteiger partial charge in [-0.3, -0.25) is 4.79 Å². The Kier molecular flexibility index (Phi) is 4.82. The average molecular weight is 373 g/mol. The van der Waals surface area contributed by atoms with Gasteiger partial charge in [0.15, 0.2) is 11.5 Å². The van der Waals surface area contributed by atoms with E-state index in [1.54, 1.807) is 0 Å². The highest BCUT2D eigenvalue weighted by molar-refractivity contribution is 7.13. The van der Waals surface area contributed by atoms with E-state index in [-0.39, 0.29) is 18.0 Å². The van der Waals surface area contributed by atoms with E-state index >= 15 is 0 Å². The van der Waals surface area contributed by atoms with Gasteiger partial charge in [-0.1, -0.05) is 0 Å². The number of thiazole rings is 1. The van der Waals surface area contributed by atoms with Crippen molar-refractivity contribution in [3.8, 4) is 22.1 Å². The molecule has 0 radical (unpaired) electrons. The number of fused-ring (bicyclic) bond motifs is 1. The molecule has 2 N–H and O–H groups in total. The second kappa shape index (κ2) is 7.25. The molecule has 138 valence electrons. The van der Waals surface area contributed by atoms with Crippen LogP contribution in [0, 0.1) is 0 Å². The molecule has 6 nitrogen and oxygen atoms in total. The summed E-state index contributed by atoms with van der Waals surface area (Å²) in [6.07, 6.45) is 3.10. The lowest BCUT2D eigenvalue weighted by Crippen LogP contribution is -2.51. The van der Waals surface area contributed by atoms with Crippen LogP contribution in [0.4, 0.5) is 0 Å². The summed E-state index contributed by atoms with van der Waals surface area (Å²) in [6, 6.07) is 5.83. The first-order valence-electron chi connectivity index (χ1n) is 9.05. The molecule has 2 aliphatic heterocycles. The SMILES string of the molecule is CC(N)C1CCCCN1C(=O)c1csc(-c2ccc3c(c2)OCCO3)n1. The molecule has 1 amide bonds. The minimum atomic E-state index is -0.0323. The number of benzene rings is 1. The van der Waals surface area contributed by atoms with Crippen molar-refractivity contribution < 1.29 is 14.3 Å². The lowest BCUT2D eigenvalue weighted by molar-refractivity contribution is 0.0578. The predicted molar refractivity (Wildman–Crippen MR) is 101 cm³/mol. The van der Waals surface area contributed by atoms with Gasteiger partial charge in [0.1, 0.15) is 23.9 Å². The van der Waals surface area contributed by atoms with Gasteiger partial charge in [-0.2, -0.15) is 0 Å². The summed E-state index contributed by atoms with van der Waals surface area (Å²) in [4.78, 5) is 19.4. The van der Waals surface area contributed by atoms with Gasteiger partial charge < -0.3 is 20.1 Å². The van der Waals surface area contributed by atoms with Crippen molar-refractivity contribution in [2.45, 2.75) is 38.3 Å². The summed E-state index contributed by atoms with van der Waals surface area (Å²) in [5.74, 6) is 1.46. The summed E-state index contributed by atoms with van der Waals surface area (Å²) in [6.45, 7) is 3.84. The first-order valence-corrected chi connectivity index (χ1v) is 9.93. The molecule has 2 aromatic rings. The number of rotatable bonds is 3.